The number of benzene rings is 2. The van der Waals surface area contributed by atoms with E-state index in [9.17, 15) is 9.67 Å². The highest BCUT2D eigenvalue weighted by Crippen LogP contribution is 2.33. The van der Waals surface area contributed by atoms with Gasteiger partial charge in [-0.1, -0.05) is 18.2 Å². The van der Waals surface area contributed by atoms with Crippen molar-refractivity contribution in [3.8, 4) is 5.75 Å². The number of hydrogen-bond acceptors (Lipinski definition) is 3. The zero-order valence-electron chi connectivity index (χ0n) is 10.9. The van der Waals surface area contributed by atoms with Crippen molar-refractivity contribution in [1.82, 2.24) is 9.55 Å². The summed E-state index contributed by atoms with van der Waals surface area (Å²) in [4.78, 5) is 22.3. The molecule has 0 unspecified atom stereocenters. The number of aromatic hydroxyl groups is 1. The van der Waals surface area contributed by atoms with E-state index in [0.29, 0.717) is 12.1 Å². The quantitative estimate of drug-likeness (QED) is 0.639. The highest BCUT2D eigenvalue weighted by molar-refractivity contribution is 7.60. The molecule has 21 heavy (non-hydrogen) atoms. The van der Waals surface area contributed by atoms with Crippen LogP contribution in [-0.2, 0) is 11.1 Å². The minimum atomic E-state index is -4.21. The van der Waals surface area contributed by atoms with Crippen molar-refractivity contribution in [3.63, 3.8) is 0 Å². The number of nitrogens with zero attached hydrogens (tertiary/aromatic N) is 2. The summed E-state index contributed by atoms with van der Waals surface area (Å²) in [5.41, 5.74) is 2.22. The maximum atomic E-state index is 11.1. The second-order valence-corrected chi connectivity index (χ2v) is 6.33. The molecule has 0 amide bonds. The molecule has 0 bridgehead atoms. The van der Waals surface area contributed by atoms with Crippen molar-refractivity contribution >= 4 is 23.9 Å². The smallest absolute Gasteiger partial charge is 0.356 e. The van der Waals surface area contributed by atoms with Crippen LogP contribution in [0.2, 0.25) is 0 Å². The molecule has 1 heterocycles. The van der Waals surface area contributed by atoms with Crippen LogP contribution in [0, 0.1) is 0 Å². The maximum Gasteiger partial charge on any atom is 0.356 e. The maximum absolute atomic E-state index is 11.1. The fourth-order valence-electron chi connectivity index (χ4n) is 2.19. The molecule has 0 saturated heterocycles. The fourth-order valence-corrected chi connectivity index (χ4v) is 2.73. The van der Waals surface area contributed by atoms with Crippen molar-refractivity contribution in [2.45, 2.75) is 6.54 Å². The summed E-state index contributed by atoms with van der Waals surface area (Å²) in [6.45, 7) is 0.501. The number of phenols is 1. The molecule has 0 saturated carbocycles. The Balaban J connectivity index is 1.92. The average Bonchev–Trinajstić information content (AvgIpc) is 2.83. The summed E-state index contributed by atoms with van der Waals surface area (Å²) in [6.07, 6.45) is 1.63. The van der Waals surface area contributed by atoms with Crippen LogP contribution in [0.3, 0.4) is 0 Å². The second-order valence-electron chi connectivity index (χ2n) is 4.73. The Kier molecular flexibility index (Phi) is 3.29. The fraction of sp³-hybridized carbons (Fsp3) is 0.0714. The highest BCUT2D eigenvalue weighted by atomic mass is 31.2. The molecule has 3 aromatic rings. The molecule has 6 nitrogen and oxygen atoms in total. The number of aromatic nitrogens is 2. The predicted octanol–water partition coefficient (Wildman–Crippen LogP) is 1.59. The van der Waals surface area contributed by atoms with E-state index in [1.54, 1.807) is 30.6 Å². The van der Waals surface area contributed by atoms with Crippen LogP contribution in [0.25, 0.3) is 11.0 Å². The molecule has 108 valence electrons. The van der Waals surface area contributed by atoms with Gasteiger partial charge in [0.05, 0.1) is 17.1 Å². The molecule has 0 radical (unpaired) electrons. The summed E-state index contributed by atoms with van der Waals surface area (Å²) in [5.74, 6) is 0.128. The predicted molar refractivity (Wildman–Crippen MR) is 78.6 cm³/mol. The third kappa shape index (κ3) is 2.69. The van der Waals surface area contributed by atoms with Crippen LogP contribution in [0.4, 0.5) is 0 Å². The Morgan fingerprint density at radius 1 is 1.10 bits per heavy atom. The first kappa shape index (κ1) is 13.8. The summed E-state index contributed by atoms with van der Waals surface area (Å²) in [6, 6.07) is 11.4. The molecule has 0 spiro atoms. The molecule has 0 atom stereocenters. The van der Waals surface area contributed by atoms with Crippen LogP contribution in [0.5, 0.6) is 5.75 Å². The Morgan fingerprint density at radius 2 is 1.81 bits per heavy atom. The number of imidazole rings is 1. The van der Waals surface area contributed by atoms with Gasteiger partial charge in [0.2, 0.25) is 0 Å². The topological polar surface area (TPSA) is 95.6 Å². The Hall–Kier alpha value is -2.14. The SMILES string of the molecule is O=P(O)(O)c1ccc(Cn2cnc3c(O)cccc32)cc1. The van der Waals surface area contributed by atoms with Crippen LogP contribution < -0.4 is 5.30 Å². The Bertz CT molecular complexity index is 836. The average molecular weight is 304 g/mol. The van der Waals surface area contributed by atoms with E-state index in [1.807, 2.05) is 10.6 Å². The molecule has 0 aliphatic carbocycles. The molecule has 3 rings (SSSR count). The van der Waals surface area contributed by atoms with Gasteiger partial charge in [-0.2, -0.15) is 0 Å². The number of phenolic OH excluding ortho intramolecular Hbond substituents is 1. The van der Waals surface area contributed by atoms with Gasteiger partial charge in [-0.05, 0) is 29.8 Å². The van der Waals surface area contributed by atoms with Crippen molar-refractivity contribution in [3.05, 3.63) is 54.4 Å². The number of para-hydroxylation sites is 1. The molecular formula is C14H13N2O4P. The number of fused-ring (bicyclic) bond motifs is 1. The van der Waals surface area contributed by atoms with Gasteiger partial charge in [0.1, 0.15) is 11.3 Å². The third-order valence-electron chi connectivity index (χ3n) is 3.25. The van der Waals surface area contributed by atoms with E-state index in [-0.39, 0.29) is 11.1 Å². The first-order valence-corrected chi connectivity index (χ1v) is 7.84. The molecule has 7 heteroatoms. The third-order valence-corrected chi connectivity index (χ3v) is 4.23. The minimum Gasteiger partial charge on any atom is -0.506 e. The zero-order valence-corrected chi connectivity index (χ0v) is 11.8. The van der Waals surface area contributed by atoms with Crippen LogP contribution in [0.15, 0.2) is 48.8 Å². The normalized spacial score (nSPS) is 11.9. The van der Waals surface area contributed by atoms with E-state index in [2.05, 4.69) is 4.98 Å². The van der Waals surface area contributed by atoms with Gasteiger partial charge in [-0.3, -0.25) is 4.57 Å². The number of rotatable bonds is 3. The van der Waals surface area contributed by atoms with Gasteiger partial charge in [0, 0.05) is 6.54 Å². The van der Waals surface area contributed by atoms with Crippen LogP contribution >= 0.6 is 7.60 Å². The molecule has 0 aliphatic rings. The van der Waals surface area contributed by atoms with Gasteiger partial charge in [-0.25, -0.2) is 4.98 Å². The van der Waals surface area contributed by atoms with Crippen LogP contribution in [-0.4, -0.2) is 24.4 Å². The minimum absolute atomic E-state index is 0.000571. The standard InChI is InChI=1S/C14H13N2O4P/c17-13-3-1-2-12-14(13)15-9-16(12)8-10-4-6-11(7-5-10)21(18,19)20/h1-7,9,17H,8H2,(H2,18,19,20). The van der Waals surface area contributed by atoms with Gasteiger partial charge in [0.25, 0.3) is 0 Å². The summed E-state index contributed by atoms with van der Waals surface area (Å²) >= 11 is 0. The monoisotopic (exact) mass is 304 g/mol. The molecule has 2 aromatic carbocycles. The lowest BCUT2D eigenvalue weighted by molar-refractivity contribution is 0.387. The first-order chi connectivity index (χ1) is 9.95. The summed E-state index contributed by atoms with van der Waals surface area (Å²) < 4.78 is 13.0. The summed E-state index contributed by atoms with van der Waals surface area (Å²) in [5, 5.41) is 9.71. The summed E-state index contributed by atoms with van der Waals surface area (Å²) in [7, 11) is -4.21. The molecule has 3 N–H and O–H groups in total. The highest BCUT2D eigenvalue weighted by Gasteiger charge is 2.16. The first-order valence-electron chi connectivity index (χ1n) is 6.23. The van der Waals surface area contributed by atoms with E-state index in [1.165, 1.54) is 12.1 Å². The van der Waals surface area contributed by atoms with Gasteiger partial charge in [0.15, 0.2) is 0 Å². The Morgan fingerprint density at radius 3 is 2.48 bits per heavy atom. The van der Waals surface area contributed by atoms with Crippen molar-refractivity contribution < 1.29 is 19.5 Å². The zero-order chi connectivity index (χ0) is 15.0. The largest absolute Gasteiger partial charge is 0.506 e. The number of hydrogen-bond donors (Lipinski definition) is 3. The van der Waals surface area contributed by atoms with E-state index >= 15 is 0 Å². The molecule has 0 fully saturated rings. The Labute approximate surface area is 120 Å². The molecular weight excluding hydrogens is 291 g/mol. The lowest BCUT2D eigenvalue weighted by Crippen LogP contribution is -2.05. The van der Waals surface area contributed by atoms with Crippen molar-refractivity contribution in [2.75, 3.05) is 0 Å². The lowest BCUT2D eigenvalue weighted by atomic mass is 10.2. The van der Waals surface area contributed by atoms with Gasteiger partial charge >= 0.3 is 7.60 Å². The van der Waals surface area contributed by atoms with Gasteiger partial charge in [-0.15, -0.1) is 0 Å². The van der Waals surface area contributed by atoms with Crippen LogP contribution in [0.1, 0.15) is 5.56 Å². The van der Waals surface area contributed by atoms with Gasteiger partial charge < -0.3 is 19.5 Å². The van der Waals surface area contributed by atoms with E-state index in [4.69, 9.17) is 9.79 Å². The van der Waals surface area contributed by atoms with E-state index in [0.717, 1.165) is 11.1 Å². The molecule has 0 aliphatic heterocycles. The molecule has 1 aromatic heterocycles. The second kappa shape index (κ2) is 5.00. The lowest BCUT2D eigenvalue weighted by Gasteiger charge is -2.07. The van der Waals surface area contributed by atoms with Crippen molar-refractivity contribution in [2.24, 2.45) is 0 Å². The van der Waals surface area contributed by atoms with Crippen molar-refractivity contribution in [1.29, 1.82) is 0 Å². The van der Waals surface area contributed by atoms with E-state index < -0.39 is 7.60 Å².